The molecule has 11 nitrogen and oxygen atoms in total. The van der Waals surface area contributed by atoms with E-state index in [9.17, 15) is 24.6 Å². The van der Waals surface area contributed by atoms with Crippen LogP contribution in [0.15, 0.2) is 53.6 Å². The third kappa shape index (κ3) is 3.76. The van der Waals surface area contributed by atoms with Crippen LogP contribution in [-0.2, 0) is 13.1 Å². The molecule has 2 aromatic heterocycles. The zero-order valence-electron chi connectivity index (χ0n) is 17.9. The fraction of sp³-hybridized carbons (Fsp3) is 0.217. The van der Waals surface area contributed by atoms with Gasteiger partial charge in [0.1, 0.15) is 25.4 Å². The quantitative estimate of drug-likeness (QED) is 0.570. The highest BCUT2D eigenvalue weighted by Crippen LogP contribution is 2.32. The van der Waals surface area contributed by atoms with Crippen molar-refractivity contribution in [3.05, 3.63) is 81.5 Å². The topological polar surface area (TPSA) is 134 Å². The van der Waals surface area contributed by atoms with E-state index in [4.69, 9.17) is 9.47 Å². The Bertz CT molecular complexity index is 1340. The van der Waals surface area contributed by atoms with Gasteiger partial charge >= 0.3 is 5.97 Å². The van der Waals surface area contributed by atoms with Crippen molar-refractivity contribution in [3.63, 3.8) is 0 Å². The Hall–Kier alpha value is -4.54. The number of carboxylic acids is 1. The van der Waals surface area contributed by atoms with Crippen molar-refractivity contribution in [2.45, 2.75) is 13.1 Å². The average Bonchev–Trinajstić information content (AvgIpc) is 2.84. The summed E-state index contributed by atoms with van der Waals surface area (Å²) in [5.74, 6) is -1.84. The first kappa shape index (κ1) is 21.3. The largest absolute Gasteiger partial charge is 0.502 e. The van der Waals surface area contributed by atoms with Crippen LogP contribution in [0.1, 0.15) is 32.1 Å². The molecule has 34 heavy (non-hydrogen) atoms. The lowest BCUT2D eigenvalue weighted by Crippen LogP contribution is -2.53. The van der Waals surface area contributed by atoms with Crippen LogP contribution in [0.3, 0.4) is 0 Å². The van der Waals surface area contributed by atoms with Gasteiger partial charge in [-0.05, 0) is 29.8 Å². The minimum Gasteiger partial charge on any atom is -0.502 e. The third-order valence-electron chi connectivity index (χ3n) is 5.57. The van der Waals surface area contributed by atoms with Gasteiger partial charge in [0.15, 0.2) is 22.9 Å². The van der Waals surface area contributed by atoms with Crippen LogP contribution in [-0.4, -0.2) is 56.5 Å². The van der Waals surface area contributed by atoms with Crippen molar-refractivity contribution in [2.24, 2.45) is 0 Å². The molecule has 0 bridgehead atoms. The predicted octanol–water partition coefficient (Wildman–Crippen LogP) is 1.17. The summed E-state index contributed by atoms with van der Waals surface area (Å²) < 4.78 is 12.4. The van der Waals surface area contributed by atoms with Gasteiger partial charge in [-0.15, -0.1) is 0 Å². The second-order valence-corrected chi connectivity index (χ2v) is 7.83. The van der Waals surface area contributed by atoms with Crippen LogP contribution in [0.5, 0.6) is 17.2 Å². The van der Waals surface area contributed by atoms with Gasteiger partial charge in [0, 0.05) is 18.9 Å². The molecule has 0 saturated carbocycles. The zero-order chi connectivity index (χ0) is 23.8. The van der Waals surface area contributed by atoms with Gasteiger partial charge in [-0.3, -0.25) is 24.3 Å². The first-order valence-corrected chi connectivity index (χ1v) is 10.5. The average molecular weight is 464 g/mol. The van der Waals surface area contributed by atoms with Gasteiger partial charge < -0.3 is 24.6 Å². The number of ether oxygens (including phenoxy) is 2. The standard InChI is InChI=1S/C23H20N4O7/c28-20-16(23(31)32)12-27-19(21(20)29)22(30)25(13-26(27)11-15-3-1-2-6-24-15)10-14-4-5-17-18(9-14)34-8-7-33-17/h1-6,9,12,29H,7-8,10-11,13H2,(H,31,32). The molecule has 1 amide bonds. The molecule has 3 aromatic rings. The summed E-state index contributed by atoms with van der Waals surface area (Å²) in [4.78, 5) is 43.1. The number of aromatic nitrogens is 2. The molecule has 11 heteroatoms. The van der Waals surface area contributed by atoms with Crippen LogP contribution in [0.2, 0.25) is 0 Å². The Morgan fingerprint density at radius 2 is 1.85 bits per heavy atom. The van der Waals surface area contributed by atoms with Crippen LogP contribution in [0, 0.1) is 0 Å². The molecule has 2 N–H and O–H groups in total. The highest BCUT2D eigenvalue weighted by Gasteiger charge is 2.34. The minimum atomic E-state index is -1.50. The van der Waals surface area contributed by atoms with Crippen LogP contribution in [0.4, 0.5) is 0 Å². The first-order valence-electron chi connectivity index (χ1n) is 10.5. The lowest BCUT2D eigenvalue weighted by Gasteiger charge is -2.39. The highest BCUT2D eigenvalue weighted by molar-refractivity contribution is 5.97. The zero-order valence-corrected chi connectivity index (χ0v) is 17.9. The Labute approximate surface area is 193 Å². The Morgan fingerprint density at radius 3 is 2.59 bits per heavy atom. The van der Waals surface area contributed by atoms with Crippen molar-refractivity contribution >= 4 is 11.9 Å². The monoisotopic (exact) mass is 464 g/mol. The summed E-state index contributed by atoms with van der Waals surface area (Å²) in [6.45, 7) is 1.29. The molecular weight excluding hydrogens is 444 g/mol. The number of benzene rings is 1. The van der Waals surface area contributed by atoms with E-state index in [1.54, 1.807) is 47.6 Å². The van der Waals surface area contributed by atoms with Gasteiger partial charge in [0.25, 0.3) is 5.91 Å². The van der Waals surface area contributed by atoms with Crippen molar-refractivity contribution in [3.8, 4) is 17.2 Å². The molecule has 2 aliphatic heterocycles. The van der Waals surface area contributed by atoms with Gasteiger partial charge in [0.05, 0.1) is 12.2 Å². The van der Waals surface area contributed by atoms with Crippen molar-refractivity contribution in [1.29, 1.82) is 0 Å². The van der Waals surface area contributed by atoms with E-state index in [-0.39, 0.29) is 25.5 Å². The summed E-state index contributed by atoms with van der Waals surface area (Å²) in [5.41, 5.74) is -0.661. The van der Waals surface area contributed by atoms with Gasteiger partial charge in [0.2, 0.25) is 5.43 Å². The van der Waals surface area contributed by atoms with Crippen molar-refractivity contribution < 1.29 is 29.3 Å². The second kappa shape index (κ2) is 8.43. The van der Waals surface area contributed by atoms with E-state index in [2.05, 4.69) is 4.98 Å². The number of rotatable bonds is 5. The number of nitrogens with zero attached hydrogens (tertiary/aromatic N) is 4. The van der Waals surface area contributed by atoms with Crippen LogP contribution >= 0.6 is 0 Å². The summed E-state index contributed by atoms with van der Waals surface area (Å²) >= 11 is 0. The number of fused-ring (bicyclic) bond motifs is 2. The molecule has 0 atom stereocenters. The lowest BCUT2D eigenvalue weighted by atomic mass is 10.1. The maximum absolute atomic E-state index is 13.3. The van der Waals surface area contributed by atoms with E-state index in [0.29, 0.717) is 30.4 Å². The molecule has 0 saturated heterocycles. The number of aromatic carboxylic acids is 1. The van der Waals surface area contributed by atoms with Gasteiger partial charge in [-0.1, -0.05) is 12.1 Å². The first-order chi connectivity index (χ1) is 16.4. The van der Waals surface area contributed by atoms with E-state index in [1.165, 1.54) is 9.58 Å². The van der Waals surface area contributed by atoms with E-state index in [1.807, 2.05) is 0 Å². The number of pyridine rings is 2. The van der Waals surface area contributed by atoms with E-state index < -0.39 is 28.6 Å². The molecule has 0 unspecified atom stereocenters. The fourth-order valence-electron chi connectivity index (χ4n) is 3.98. The molecule has 0 aliphatic carbocycles. The van der Waals surface area contributed by atoms with Crippen molar-refractivity contribution in [1.82, 2.24) is 14.6 Å². The normalized spacial score (nSPS) is 14.6. The maximum atomic E-state index is 13.3. The molecule has 0 spiro atoms. The number of carbonyl (C=O) groups is 2. The number of hydrogen-bond donors (Lipinski definition) is 2. The molecule has 0 fully saturated rings. The van der Waals surface area contributed by atoms with Crippen LogP contribution < -0.4 is 19.9 Å². The van der Waals surface area contributed by atoms with Crippen LogP contribution in [0.25, 0.3) is 0 Å². The van der Waals surface area contributed by atoms with Gasteiger partial charge in [-0.2, -0.15) is 0 Å². The highest BCUT2D eigenvalue weighted by atomic mass is 16.6. The minimum absolute atomic E-state index is 0.0538. The molecule has 4 heterocycles. The smallest absolute Gasteiger partial charge is 0.341 e. The number of hydrogen-bond acceptors (Lipinski definition) is 8. The number of aromatic hydroxyl groups is 1. The molecule has 1 aromatic carbocycles. The van der Waals surface area contributed by atoms with E-state index in [0.717, 1.165) is 11.8 Å². The van der Waals surface area contributed by atoms with Crippen molar-refractivity contribution in [2.75, 3.05) is 24.9 Å². The molecule has 5 rings (SSSR count). The summed E-state index contributed by atoms with van der Waals surface area (Å²) in [6.07, 6.45) is 2.67. The molecule has 2 aliphatic rings. The molecular formula is C23H20N4O7. The number of amides is 1. The molecule has 0 radical (unpaired) electrons. The summed E-state index contributed by atoms with van der Waals surface area (Å²) in [5, 5.41) is 21.6. The fourth-order valence-corrected chi connectivity index (χ4v) is 3.98. The Kier molecular flexibility index (Phi) is 5.28. The van der Waals surface area contributed by atoms with Gasteiger partial charge in [-0.25, -0.2) is 4.79 Å². The second-order valence-electron chi connectivity index (χ2n) is 7.83. The number of carboxylic acid groups (broad SMARTS) is 1. The SMILES string of the molecule is O=C(O)c1cn2c(c(O)c1=O)C(=O)N(Cc1ccc3c(c1)OCCO3)CN2Cc1ccccn1. The summed E-state index contributed by atoms with van der Waals surface area (Å²) in [7, 11) is 0. The van der Waals surface area contributed by atoms with E-state index >= 15 is 0 Å². The maximum Gasteiger partial charge on any atom is 0.341 e. The predicted molar refractivity (Wildman–Crippen MR) is 118 cm³/mol. The Balaban J connectivity index is 1.54. The lowest BCUT2D eigenvalue weighted by molar-refractivity contribution is 0.0654. The molecule has 174 valence electrons. The third-order valence-corrected chi connectivity index (χ3v) is 5.57. The summed E-state index contributed by atoms with van der Waals surface area (Å²) in [6, 6.07) is 10.7. The number of carbonyl (C=O) groups excluding carboxylic acids is 1. The Morgan fingerprint density at radius 1 is 1.06 bits per heavy atom.